The molecule has 1 aromatic rings. The maximum absolute atomic E-state index is 11.9. The van der Waals surface area contributed by atoms with Crippen molar-refractivity contribution in [2.75, 3.05) is 31.5 Å². The third kappa shape index (κ3) is 6.54. The van der Waals surface area contributed by atoms with E-state index in [0.717, 1.165) is 0 Å². The van der Waals surface area contributed by atoms with Gasteiger partial charge in [0.05, 0.1) is 24.5 Å². The van der Waals surface area contributed by atoms with Gasteiger partial charge in [0.1, 0.15) is 5.75 Å². The van der Waals surface area contributed by atoms with E-state index in [9.17, 15) is 13.2 Å². The van der Waals surface area contributed by atoms with E-state index in [2.05, 4.69) is 4.98 Å². The molecule has 0 aliphatic carbocycles. The first-order valence-electron chi connectivity index (χ1n) is 7.54. The summed E-state index contributed by atoms with van der Waals surface area (Å²) in [5.41, 5.74) is 0. The highest BCUT2D eigenvalue weighted by atomic mass is 32.2. The van der Waals surface area contributed by atoms with Crippen LogP contribution in [0.2, 0.25) is 0 Å². The molecule has 1 saturated heterocycles. The summed E-state index contributed by atoms with van der Waals surface area (Å²) < 4.78 is 39.2. The van der Waals surface area contributed by atoms with Crippen LogP contribution in [0.1, 0.15) is 19.3 Å². The van der Waals surface area contributed by atoms with Gasteiger partial charge in [-0.3, -0.25) is 9.78 Å². The van der Waals surface area contributed by atoms with Crippen molar-refractivity contribution >= 4 is 15.8 Å². The van der Waals surface area contributed by atoms with Crippen molar-refractivity contribution in [3.63, 3.8) is 0 Å². The van der Waals surface area contributed by atoms with Crippen LogP contribution in [0.5, 0.6) is 5.75 Å². The fraction of sp³-hybridized carbons (Fsp3) is 0.600. The molecule has 0 saturated carbocycles. The number of esters is 1. The predicted molar refractivity (Wildman–Crippen MR) is 82.6 cm³/mol. The summed E-state index contributed by atoms with van der Waals surface area (Å²) in [6.07, 6.45) is 4.68. The van der Waals surface area contributed by atoms with Crippen molar-refractivity contribution in [2.24, 2.45) is 5.92 Å². The maximum atomic E-state index is 11.9. The predicted octanol–water partition coefficient (Wildman–Crippen LogP) is 1.19. The van der Waals surface area contributed by atoms with Gasteiger partial charge in [-0.05, 0) is 31.4 Å². The zero-order valence-corrected chi connectivity index (χ0v) is 13.7. The first kappa shape index (κ1) is 17.7. The molecular weight excluding hydrogens is 322 g/mol. The molecule has 1 aromatic heterocycles. The third-order valence-corrected chi connectivity index (χ3v) is 4.83. The number of ether oxygens (including phenoxy) is 3. The molecule has 128 valence electrons. The van der Waals surface area contributed by atoms with Crippen LogP contribution < -0.4 is 4.74 Å². The summed E-state index contributed by atoms with van der Waals surface area (Å²) in [6, 6.07) is 3.49. The Labute approximate surface area is 135 Å². The van der Waals surface area contributed by atoms with Gasteiger partial charge in [-0.2, -0.15) is 0 Å². The number of nitrogens with zero attached hydrogens (tertiary/aromatic N) is 1. The Balaban J connectivity index is 1.64. The van der Waals surface area contributed by atoms with E-state index in [1.165, 1.54) is 0 Å². The van der Waals surface area contributed by atoms with Gasteiger partial charge in [0.15, 0.2) is 15.8 Å². The second-order valence-corrected chi connectivity index (χ2v) is 7.44. The Morgan fingerprint density at radius 3 is 2.83 bits per heavy atom. The number of pyridine rings is 1. The first-order valence-corrected chi connectivity index (χ1v) is 9.36. The topological polar surface area (TPSA) is 91.8 Å². The fourth-order valence-electron chi connectivity index (χ4n) is 2.16. The number of hydrogen-bond donors (Lipinski definition) is 0. The van der Waals surface area contributed by atoms with Crippen molar-refractivity contribution in [3.05, 3.63) is 24.5 Å². The third-order valence-electron chi connectivity index (χ3n) is 3.44. The highest BCUT2D eigenvalue weighted by Gasteiger charge is 2.24. The summed E-state index contributed by atoms with van der Waals surface area (Å²) in [4.78, 5) is 15.7. The Bertz CT molecular complexity index is 583. The summed E-state index contributed by atoms with van der Waals surface area (Å²) in [5, 5.41) is 0. The van der Waals surface area contributed by atoms with Crippen LogP contribution in [0.3, 0.4) is 0 Å². The number of hydrogen-bond acceptors (Lipinski definition) is 7. The molecule has 0 amide bonds. The molecule has 23 heavy (non-hydrogen) atoms. The van der Waals surface area contributed by atoms with Gasteiger partial charge >= 0.3 is 5.97 Å². The average Bonchev–Trinajstić information content (AvgIpc) is 2.58. The van der Waals surface area contributed by atoms with E-state index in [-0.39, 0.29) is 18.3 Å². The SMILES string of the molecule is O=C(OCS(=O)(=O)CCCOc1cccnc1)C1CCOCC1. The van der Waals surface area contributed by atoms with Gasteiger partial charge in [-0.25, -0.2) is 8.42 Å². The summed E-state index contributed by atoms with van der Waals surface area (Å²) in [5.74, 6) is -0.781. The van der Waals surface area contributed by atoms with Crippen molar-refractivity contribution in [1.82, 2.24) is 4.98 Å². The van der Waals surface area contributed by atoms with Crippen LogP contribution in [0, 0.1) is 5.92 Å². The zero-order chi connectivity index (χ0) is 16.5. The lowest BCUT2D eigenvalue weighted by atomic mass is 10.0. The molecule has 0 radical (unpaired) electrons. The van der Waals surface area contributed by atoms with E-state index >= 15 is 0 Å². The normalized spacial score (nSPS) is 16.0. The van der Waals surface area contributed by atoms with Gasteiger partial charge < -0.3 is 14.2 Å². The number of sulfone groups is 1. The molecule has 2 rings (SSSR count). The number of aromatic nitrogens is 1. The van der Waals surface area contributed by atoms with E-state index in [4.69, 9.17) is 14.2 Å². The minimum atomic E-state index is -3.44. The molecule has 0 bridgehead atoms. The lowest BCUT2D eigenvalue weighted by Crippen LogP contribution is -2.27. The second-order valence-electron chi connectivity index (χ2n) is 5.31. The van der Waals surface area contributed by atoms with Crippen LogP contribution in [-0.2, 0) is 24.1 Å². The van der Waals surface area contributed by atoms with Crippen LogP contribution in [0.25, 0.3) is 0 Å². The Hall–Kier alpha value is -1.67. The highest BCUT2D eigenvalue weighted by Crippen LogP contribution is 2.16. The Morgan fingerprint density at radius 2 is 2.13 bits per heavy atom. The first-order chi connectivity index (χ1) is 11.1. The summed E-state index contributed by atoms with van der Waals surface area (Å²) in [7, 11) is -3.44. The van der Waals surface area contributed by atoms with Gasteiger partial charge in [0, 0.05) is 19.4 Å². The van der Waals surface area contributed by atoms with E-state index in [1.54, 1.807) is 24.5 Å². The van der Waals surface area contributed by atoms with Gasteiger partial charge in [0.2, 0.25) is 0 Å². The van der Waals surface area contributed by atoms with E-state index in [0.29, 0.717) is 38.2 Å². The maximum Gasteiger partial charge on any atom is 0.310 e. The number of carbonyl (C=O) groups excluding carboxylic acids is 1. The molecule has 1 aliphatic heterocycles. The zero-order valence-electron chi connectivity index (χ0n) is 12.8. The quantitative estimate of drug-likeness (QED) is 0.517. The molecule has 0 unspecified atom stereocenters. The molecule has 2 heterocycles. The van der Waals surface area contributed by atoms with Gasteiger partial charge in [-0.1, -0.05) is 0 Å². The largest absolute Gasteiger partial charge is 0.492 e. The van der Waals surface area contributed by atoms with Crippen molar-refractivity contribution in [3.8, 4) is 5.75 Å². The molecular formula is C15H21NO6S. The average molecular weight is 343 g/mol. The van der Waals surface area contributed by atoms with Crippen LogP contribution >= 0.6 is 0 Å². The highest BCUT2D eigenvalue weighted by molar-refractivity contribution is 7.91. The second kappa shape index (κ2) is 8.83. The minimum Gasteiger partial charge on any atom is -0.492 e. The molecule has 0 atom stereocenters. The molecule has 0 N–H and O–H groups in total. The summed E-state index contributed by atoms with van der Waals surface area (Å²) >= 11 is 0. The molecule has 8 heteroatoms. The lowest BCUT2D eigenvalue weighted by molar-refractivity contribution is -0.149. The minimum absolute atomic E-state index is 0.0890. The van der Waals surface area contributed by atoms with Gasteiger partial charge in [-0.15, -0.1) is 0 Å². The van der Waals surface area contributed by atoms with Crippen molar-refractivity contribution < 1.29 is 27.4 Å². The van der Waals surface area contributed by atoms with Crippen LogP contribution in [0.4, 0.5) is 0 Å². The number of rotatable bonds is 8. The molecule has 1 fully saturated rings. The van der Waals surface area contributed by atoms with E-state index in [1.807, 2.05) is 0 Å². The fourth-order valence-corrected chi connectivity index (χ4v) is 3.13. The van der Waals surface area contributed by atoms with Crippen molar-refractivity contribution in [2.45, 2.75) is 19.3 Å². The standard InChI is InChI=1S/C15H21NO6S/c17-15(13-4-8-20-9-5-13)22-12-23(18,19)10-2-7-21-14-3-1-6-16-11-14/h1,3,6,11,13H,2,4-5,7-10,12H2. The smallest absolute Gasteiger partial charge is 0.310 e. The molecule has 0 spiro atoms. The van der Waals surface area contributed by atoms with E-state index < -0.39 is 21.7 Å². The number of carbonyl (C=O) groups is 1. The molecule has 7 nitrogen and oxygen atoms in total. The Morgan fingerprint density at radius 1 is 1.35 bits per heavy atom. The molecule has 1 aliphatic rings. The van der Waals surface area contributed by atoms with Crippen molar-refractivity contribution in [1.29, 1.82) is 0 Å². The van der Waals surface area contributed by atoms with Crippen LogP contribution in [-0.4, -0.2) is 50.9 Å². The molecule has 0 aromatic carbocycles. The van der Waals surface area contributed by atoms with Crippen LogP contribution in [0.15, 0.2) is 24.5 Å². The van der Waals surface area contributed by atoms with Gasteiger partial charge in [0.25, 0.3) is 0 Å². The lowest BCUT2D eigenvalue weighted by Gasteiger charge is -2.20. The Kier molecular flexibility index (Phi) is 6.79. The monoisotopic (exact) mass is 343 g/mol. The summed E-state index contributed by atoms with van der Waals surface area (Å²) in [6.45, 7) is 1.29.